The van der Waals surface area contributed by atoms with Gasteiger partial charge in [-0.15, -0.1) is 0 Å². The van der Waals surface area contributed by atoms with Crippen LogP contribution in [0.2, 0.25) is 10.2 Å². The van der Waals surface area contributed by atoms with E-state index in [4.69, 9.17) is 33.4 Å². The van der Waals surface area contributed by atoms with Crippen LogP contribution in [-0.4, -0.2) is 0 Å². The Morgan fingerprint density at radius 1 is 1.24 bits per heavy atom. The van der Waals surface area contributed by atoms with Crippen molar-refractivity contribution in [1.82, 2.24) is 0 Å². The first-order valence-corrected chi connectivity index (χ1v) is 5.76. The van der Waals surface area contributed by atoms with Crippen LogP contribution in [0.1, 0.15) is 17.4 Å². The van der Waals surface area contributed by atoms with Crippen molar-refractivity contribution in [2.24, 2.45) is 5.73 Å². The summed E-state index contributed by atoms with van der Waals surface area (Å²) in [6.07, 6.45) is 0.326. The predicted molar refractivity (Wildman–Crippen MR) is 65.8 cm³/mol. The minimum atomic E-state index is -0.432. The summed E-state index contributed by atoms with van der Waals surface area (Å²) in [4.78, 5) is 0. The highest BCUT2D eigenvalue weighted by Crippen LogP contribution is 2.23. The van der Waals surface area contributed by atoms with Gasteiger partial charge in [-0.1, -0.05) is 17.7 Å². The van der Waals surface area contributed by atoms with Crippen molar-refractivity contribution in [2.45, 2.75) is 12.5 Å². The molecule has 17 heavy (non-hydrogen) atoms. The lowest BCUT2D eigenvalue weighted by Gasteiger charge is -2.09. The van der Waals surface area contributed by atoms with E-state index in [1.54, 1.807) is 24.3 Å². The van der Waals surface area contributed by atoms with Crippen LogP contribution in [0.15, 0.2) is 34.7 Å². The Morgan fingerprint density at radius 2 is 2.00 bits per heavy atom. The molecule has 0 radical (unpaired) electrons. The molecular weight excluding hydrogens is 264 g/mol. The summed E-state index contributed by atoms with van der Waals surface area (Å²) in [7, 11) is 0. The summed E-state index contributed by atoms with van der Waals surface area (Å²) in [6, 6.07) is 7.36. The van der Waals surface area contributed by atoms with Gasteiger partial charge >= 0.3 is 0 Å². The lowest BCUT2D eigenvalue weighted by molar-refractivity contribution is 0.462. The van der Waals surface area contributed by atoms with E-state index < -0.39 is 6.04 Å². The standard InChI is InChI=1S/C12H10Cl2FNO/c13-8-2-1-7(9(15)6-8)5-10(16)11-3-4-12(14)17-11/h1-4,6,10H,5,16H2. The molecule has 2 rings (SSSR count). The molecule has 1 aromatic carbocycles. The molecule has 5 heteroatoms. The Balaban J connectivity index is 2.15. The van der Waals surface area contributed by atoms with E-state index in [0.29, 0.717) is 22.8 Å². The van der Waals surface area contributed by atoms with Crippen molar-refractivity contribution in [1.29, 1.82) is 0 Å². The fourth-order valence-corrected chi connectivity index (χ4v) is 1.86. The molecule has 0 aliphatic carbocycles. The Kier molecular flexibility index (Phi) is 3.72. The monoisotopic (exact) mass is 273 g/mol. The van der Waals surface area contributed by atoms with Gasteiger partial charge in [-0.3, -0.25) is 0 Å². The molecule has 0 aliphatic rings. The molecule has 1 atom stereocenters. The summed E-state index contributed by atoms with van der Waals surface area (Å²) < 4.78 is 18.7. The second-order valence-electron chi connectivity index (χ2n) is 3.69. The van der Waals surface area contributed by atoms with Crippen LogP contribution < -0.4 is 5.73 Å². The zero-order valence-corrected chi connectivity index (χ0v) is 10.3. The first kappa shape index (κ1) is 12.4. The third kappa shape index (κ3) is 3.00. The second kappa shape index (κ2) is 5.08. The van der Waals surface area contributed by atoms with Gasteiger partial charge < -0.3 is 10.2 Å². The van der Waals surface area contributed by atoms with E-state index in [-0.39, 0.29) is 11.0 Å². The normalized spacial score (nSPS) is 12.7. The van der Waals surface area contributed by atoms with Gasteiger partial charge in [0.25, 0.3) is 0 Å². The molecule has 1 heterocycles. The Bertz CT molecular complexity index is 527. The largest absolute Gasteiger partial charge is 0.448 e. The minimum Gasteiger partial charge on any atom is -0.448 e. The highest BCUT2D eigenvalue weighted by molar-refractivity contribution is 6.30. The zero-order chi connectivity index (χ0) is 12.4. The van der Waals surface area contributed by atoms with Gasteiger partial charge in [0.05, 0.1) is 6.04 Å². The zero-order valence-electron chi connectivity index (χ0n) is 8.79. The molecule has 0 saturated carbocycles. The average Bonchev–Trinajstić information content (AvgIpc) is 2.69. The molecule has 1 aromatic heterocycles. The number of furan rings is 1. The first-order chi connectivity index (χ1) is 8.06. The van der Waals surface area contributed by atoms with Crippen LogP contribution in [0.4, 0.5) is 4.39 Å². The molecule has 0 fully saturated rings. The summed E-state index contributed by atoms with van der Waals surface area (Å²) >= 11 is 11.3. The second-order valence-corrected chi connectivity index (χ2v) is 4.50. The van der Waals surface area contributed by atoms with E-state index in [9.17, 15) is 4.39 Å². The van der Waals surface area contributed by atoms with Crippen molar-refractivity contribution in [3.05, 3.63) is 57.7 Å². The quantitative estimate of drug-likeness (QED) is 0.919. The number of hydrogen-bond donors (Lipinski definition) is 1. The molecular formula is C12H10Cl2FNO. The summed E-state index contributed by atoms with van der Waals surface area (Å²) in [5.74, 6) is 0.162. The van der Waals surface area contributed by atoms with Gasteiger partial charge in [-0.05, 0) is 47.9 Å². The average molecular weight is 274 g/mol. The van der Waals surface area contributed by atoms with Crippen molar-refractivity contribution in [3.63, 3.8) is 0 Å². The summed E-state index contributed by atoms with van der Waals surface area (Å²) in [5, 5.41) is 0.632. The SMILES string of the molecule is NC(Cc1ccc(Cl)cc1F)c1ccc(Cl)o1. The predicted octanol–water partition coefficient (Wildman–Crippen LogP) is 3.97. The topological polar surface area (TPSA) is 39.2 Å². The maximum Gasteiger partial charge on any atom is 0.193 e. The molecule has 0 aliphatic heterocycles. The fraction of sp³-hybridized carbons (Fsp3) is 0.167. The van der Waals surface area contributed by atoms with Gasteiger partial charge in [0.15, 0.2) is 5.22 Å². The third-order valence-corrected chi connectivity index (χ3v) is 2.85. The van der Waals surface area contributed by atoms with Gasteiger partial charge in [-0.2, -0.15) is 0 Å². The Labute approximate surface area is 108 Å². The van der Waals surface area contributed by atoms with Crippen LogP contribution in [0.5, 0.6) is 0 Å². The molecule has 0 spiro atoms. The maximum atomic E-state index is 13.5. The highest BCUT2D eigenvalue weighted by atomic mass is 35.5. The van der Waals surface area contributed by atoms with Crippen molar-refractivity contribution < 1.29 is 8.81 Å². The summed E-state index contributed by atoms with van der Waals surface area (Å²) in [5.41, 5.74) is 6.39. The number of benzene rings is 1. The molecule has 0 saturated heterocycles. The third-order valence-electron chi connectivity index (χ3n) is 2.41. The Morgan fingerprint density at radius 3 is 2.59 bits per heavy atom. The number of nitrogens with two attached hydrogens (primary N) is 1. The molecule has 2 N–H and O–H groups in total. The molecule has 2 aromatic rings. The van der Waals surface area contributed by atoms with Crippen LogP contribution in [0, 0.1) is 5.82 Å². The van der Waals surface area contributed by atoms with Gasteiger partial charge in [0.2, 0.25) is 0 Å². The van der Waals surface area contributed by atoms with Gasteiger partial charge in [0.1, 0.15) is 11.6 Å². The van der Waals surface area contributed by atoms with Gasteiger partial charge in [-0.25, -0.2) is 4.39 Å². The maximum absolute atomic E-state index is 13.5. The molecule has 90 valence electrons. The van der Waals surface area contributed by atoms with Gasteiger partial charge in [0, 0.05) is 5.02 Å². The highest BCUT2D eigenvalue weighted by Gasteiger charge is 2.14. The van der Waals surface area contributed by atoms with E-state index in [1.807, 2.05) is 0 Å². The fourth-order valence-electron chi connectivity index (χ4n) is 1.55. The molecule has 0 bridgehead atoms. The van der Waals surface area contributed by atoms with Crippen LogP contribution in [0.3, 0.4) is 0 Å². The molecule has 0 amide bonds. The van der Waals surface area contributed by atoms with E-state index >= 15 is 0 Å². The van der Waals surface area contributed by atoms with Crippen molar-refractivity contribution in [2.75, 3.05) is 0 Å². The molecule has 1 unspecified atom stereocenters. The minimum absolute atomic E-state index is 0.270. The van der Waals surface area contributed by atoms with Crippen LogP contribution >= 0.6 is 23.2 Å². The number of rotatable bonds is 3. The number of hydrogen-bond acceptors (Lipinski definition) is 2. The van der Waals surface area contributed by atoms with Crippen molar-refractivity contribution >= 4 is 23.2 Å². The lowest BCUT2D eigenvalue weighted by Crippen LogP contribution is -2.13. The lowest BCUT2D eigenvalue weighted by atomic mass is 10.0. The van der Waals surface area contributed by atoms with Crippen LogP contribution in [-0.2, 0) is 6.42 Å². The van der Waals surface area contributed by atoms with Crippen molar-refractivity contribution in [3.8, 4) is 0 Å². The first-order valence-electron chi connectivity index (χ1n) is 5.01. The molecule has 2 nitrogen and oxygen atoms in total. The Hall–Kier alpha value is -1.03. The summed E-state index contributed by atoms with van der Waals surface area (Å²) in [6.45, 7) is 0. The number of halogens is 3. The smallest absolute Gasteiger partial charge is 0.193 e. The van der Waals surface area contributed by atoms with E-state index in [2.05, 4.69) is 0 Å². The van der Waals surface area contributed by atoms with Crippen LogP contribution in [0.25, 0.3) is 0 Å². The van der Waals surface area contributed by atoms with E-state index in [1.165, 1.54) is 6.07 Å². The van der Waals surface area contributed by atoms with E-state index in [0.717, 1.165) is 0 Å².